The third-order valence-electron chi connectivity index (χ3n) is 11.1. The van der Waals surface area contributed by atoms with Gasteiger partial charge in [0.05, 0.1) is 17.8 Å². The fraction of sp³-hybridized carbons (Fsp3) is 0.789. The molecule has 4 saturated heterocycles. The Morgan fingerprint density at radius 1 is 0.593 bits per heavy atom. The molecule has 0 bridgehead atoms. The zero-order valence-electron chi connectivity index (χ0n) is 34.0. The van der Waals surface area contributed by atoms with Crippen molar-refractivity contribution in [3.8, 4) is 0 Å². The van der Waals surface area contributed by atoms with E-state index in [1.54, 1.807) is 6.92 Å². The average molecular weight is 759 g/mol. The number of hydrogen-bond acceptors (Lipinski definition) is 10. The molecule has 6 N–H and O–H groups in total. The number of nitrogens with one attached hydrogen (secondary N) is 6. The molecule has 4 aliphatic rings. The molecule has 0 radical (unpaired) electrons. The van der Waals surface area contributed by atoms with Crippen LogP contribution in [0.25, 0.3) is 0 Å². The molecule has 0 spiro atoms. The van der Waals surface area contributed by atoms with Gasteiger partial charge >= 0.3 is 23.6 Å². The van der Waals surface area contributed by atoms with Crippen molar-refractivity contribution in [2.75, 3.05) is 0 Å². The molecule has 5 unspecified atom stereocenters. The maximum atomic E-state index is 13.9. The number of rotatable bonds is 9. The van der Waals surface area contributed by atoms with Crippen molar-refractivity contribution in [3.63, 3.8) is 0 Å². The Hall–Kier alpha value is -3.92. The number of hydrazine groups is 2. The van der Waals surface area contributed by atoms with Crippen molar-refractivity contribution >= 4 is 47.3 Å². The highest BCUT2D eigenvalue weighted by Gasteiger charge is 2.54. The molecule has 54 heavy (non-hydrogen) atoms. The van der Waals surface area contributed by atoms with Gasteiger partial charge in [0.15, 0.2) is 0 Å². The molecular weight excluding hydrogens is 696 g/mol. The molecule has 5 atom stereocenters. The number of imide groups is 2. The molecule has 302 valence electrons. The Bertz CT molecular complexity index is 1540. The van der Waals surface area contributed by atoms with Crippen LogP contribution in [0.15, 0.2) is 0 Å². The number of hydrogen-bond donors (Lipinski definition) is 6. The van der Waals surface area contributed by atoms with E-state index in [1.165, 1.54) is 6.92 Å². The number of carbonyl (C=O) groups is 8. The van der Waals surface area contributed by atoms with Crippen molar-refractivity contribution in [3.05, 3.63) is 0 Å². The molecule has 0 aliphatic carbocycles. The number of carbonyl (C=O) groups excluding carboxylic acids is 8. The third kappa shape index (κ3) is 9.84. The lowest BCUT2D eigenvalue weighted by molar-refractivity contribution is -0.153. The summed E-state index contributed by atoms with van der Waals surface area (Å²) in [5.74, 6) is -11.3. The molecule has 4 heterocycles. The van der Waals surface area contributed by atoms with Crippen LogP contribution in [0.5, 0.6) is 0 Å². The minimum atomic E-state index is -1.15. The van der Waals surface area contributed by atoms with Gasteiger partial charge in [0, 0.05) is 40.2 Å². The van der Waals surface area contributed by atoms with Crippen molar-refractivity contribution in [1.82, 2.24) is 42.1 Å². The van der Waals surface area contributed by atoms with Crippen molar-refractivity contribution in [2.24, 2.45) is 35.5 Å². The molecule has 4 aliphatic heterocycles. The first-order chi connectivity index (χ1) is 24.6. The van der Waals surface area contributed by atoms with Gasteiger partial charge in [0.25, 0.3) is 23.6 Å². The monoisotopic (exact) mass is 758 g/mol. The Morgan fingerprint density at radius 3 is 1.35 bits per heavy atom. The summed E-state index contributed by atoms with van der Waals surface area (Å²) in [5.41, 5.74) is 3.24. The van der Waals surface area contributed by atoms with E-state index < -0.39 is 76.8 Å². The van der Waals surface area contributed by atoms with E-state index >= 15 is 0 Å². The second-order valence-electron chi connectivity index (χ2n) is 19.2. The first kappa shape index (κ1) is 42.8. The zero-order valence-corrected chi connectivity index (χ0v) is 34.0. The topological polar surface area (TPSA) is 215 Å². The predicted octanol–water partition coefficient (Wildman–Crippen LogP) is 1.19. The lowest BCUT2D eigenvalue weighted by Crippen LogP contribution is -2.63. The van der Waals surface area contributed by atoms with Crippen LogP contribution in [0.4, 0.5) is 0 Å². The van der Waals surface area contributed by atoms with Gasteiger partial charge < -0.3 is 21.3 Å². The minimum absolute atomic E-state index is 0.00534. The lowest BCUT2D eigenvalue weighted by Gasteiger charge is -2.46. The summed E-state index contributed by atoms with van der Waals surface area (Å²) >= 11 is 0. The standard InChI is InChI=1S/C38H62N8O8/c1-19(2)13-25-26(34(54)46(33(25)53)42-30(50)28(48)40-23-17-37(9,10)44-38(11,12)18-23)20(3)14-24-21(4)31(51)45(32(24)52)41-29(49)27(47)39-22-15-35(5,6)43-36(7,8)16-22/h19-26,43-44H,13-18H2,1-12H3,(H,39,47)(H,40,48)(H,41,49)(H,42,50). The SMILES string of the molecule is CC(C)CC1C(=O)N(NC(=O)C(=O)NC2CC(C)(C)NC(C)(C)C2)C(=O)C1C(C)CC1C(=O)N(NC(=O)C(=O)NC2CC(C)(C)NC(C)(C)C2)C(=O)C1C. The van der Waals surface area contributed by atoms with Crippen LogP contribution in [-0.4, -0.2) is 91.5 Å². The molecule has 16 heteroatoms. The van der Waals surface area contributed by atoms with Gasteiger partial charge in [-0.3, -0.25) is 38.4 Å². The summed E-state index contributed by atoms with van der Waals surface area (Å²) in [4.78, 5) is 106. The van der Waals surface area contributed by atoms with E-state index in [2.05, 4.69) is 32.1 Å². The maximum Gasteiger partial charge on any atom is 0.328 e. The number of piperidine rings is 2. The number of nitrogens with zero attached hydrogens (tertiary/aromatic N) is 2. The first-order valence-electron chi connectivity index (χ1n) is 19.2. The smallest absolute Gasteiger partial charge is 0.328 e. The highest BCUT2D eigenvalue weighted by Crippen LogP contribution is 2.41. The molecule has 16 nitrogen and oxygen atoms in total. The third-order valence-corrected chi connectivity index (χ3v) is 11.1. The summed E-state index contributed by atoms with van der Waals surface area (Å²) in [5, 5.41) is 13.7. The second-order valence-corrected chi connectivity index (χ2v) is 19.2. The normalized spacial score (nSPS) is 28.6. The van der Waals surface area contributed by atoms with Crippen LogP contribution in [-0.2, 0) is 38.4 Å². The molecule has 0 aromatic carbocycles. The highest BCUT2D eigenvalue weighted by atomic mass is 16.2. The molecule has 0 aromatic rings. The molecule has 0 aromatic heterocycles. The van der Waals surface area contributed by atoms with E-state index in [0.29, 0.717) is 42.1 Å². The van der Waals surface area contributed by atoms with E-state index in [4.69, 9.17) is 0 Å². The molecular formula is C38H62N8O8. The van der Waals surface area contributed by atoms with Crippen molar-refractivity contribution in [2.45, 2.75) is 156 Å². The van der Waals surface area contributed by atoms with E-state index in [0.717, 1.165) is 0 Å². The van der Waals surface area contributed by atoms with Gasteiger partial charge in [-0.15, -0.1) is 0 Å². The average Bonchev–Trinajstić information content (AvgIpc) is 3.32. The van der Waals surface area contributed by atoms with Crippen molar-refractivity contribution in [1.29, 1.82) is 0 Å². The summed E-state index contributed by atoms with van der Waals surface area (Å²) in [7, 11) is 0. The van der Waals surface area contributed by atoms with Crippen LogP contribution in [0.2, 0.25) is 0 Å². The lowest BCUT2D eigenvalue weighted by atomic mass is 9.75. The Labute approximate surface area is 318 Å². The summed E-state index contributed by atoms with van der Waals surface area (Å²) in [6.45, 7) is 23.0. The Balaban J connectivity index is 1.41. The quantitative estimate of drug-likeness (QED) is 0.146. The van der Waals surface area contributed by atoms with Crippen LogP contribution >= 0.6 is 0 Å². The summed E-state index contributed by atoms with van der Waals surface area (Å²) in [6.07, 6.45) is 2.57. The van der Waals surface area contributed by atoms with E-state index in [-0.39, 0.29) is 46.6 Å². The van der Waals surface area contributed by atoms with Crippen LogP contribution in [0, 0.1) is 35.5 Å². The second kappa shape index (κ2) is 15.3. The molecule has 4 rings (SSSR count). The van der Waals surface area contributed by atoms with E-state index in [9.17, 15) is 38.4 Å². The largest absolute Gasteiger partial charge is 0.345 e. The molecule has 8 amide bonds. The summed E-state index contributed by atoms with van der Waals surface area (Å²) in [6, 6.07) is -0.631. The van der Waals surface area contributed by atoms with Gasteiger partial charge in [0.1, 0.15) is 0 Å². The van der Waals surface area contributed by atoms with Gasteiger partial charge in [-0.2, -0.15) is 10.0 Å². The molecule has 0 saturated carbocycles. The Morgan fingerprint density at radius 2 is 0.963 bits per heavy atom. The Kier molecular flexibility index (Phi) is 12.1. The van der Waals surface area contributed by atoms with E-state index in [1.807, 2.05) is 69.2 Å². The maximum absolute atomic E-state index is 13.9. The fourth-order valence-electron chi connectivity index (χ4n) is 9.74. The molecule has 4 fully saturated rings. The van der Waals surface area contributed by atoms with Gasteiger partial charge in [0.2, 0.25) is 0 Å². The van der Waals surface area contributed by atoms with Crippen LogP contribution < -0.4 is 32.1 Å². The number of amides is 8. The minimum Gasteiger partial charge on any atom is -0.345 e. The zero-order chi connectivity index (χ0) is 40.9. The van der Waals surface area contributed by atoms with Gasteiger partial charge in [-0.1, -0.05) is 27.7 Å². The van der Waals surface area contributed by atoms with Crippen molar-refractivity contribution < 1.29 is 38.4 Å². The van der Waals surface area contributed by atoms with Gasteiger partial charge in [-0.05, 0) is 106 Å². The highest BCUT2D eigenvalue weighted by molar-refractivity contribution is 6.36. The van der Waals surface area contributed by atoms with Crippen LogP contribution in [0.3, 0.4) is 0 Å². The first-order valence-corrected chi connectivity index (χ1v) is 19.2. The predicted molar refractivity (Wildman–Crippen MR) is 198 cm³/mol. The summed E-state index contributed by atoms with van der Waals surface area (Å²) < 4.78 is 0. The van der Waals surface area contributed by atoms with Gasteiger partial charge in [-0.25, -0.2) is 10.9 Å². The fourth-order valence-corrected chi connectivity index (χ4v) is 9.74. The van der Waals surface area contributed by atoms with Crippen LogP contribution in [0.1, 0.15) is 122 Å².